The van der Waals surface area contributed by atoms with Crippen molar-refractivity contribution in [1.82, 2.24) is 0 Å². The molecule has 2 aromatic rings. The van der Waals surface area contributed by atoms with Gasteiger partial charge in [-0.25, -0.2) is 4.39 Å². The molecule has 0 amide bonds. The maximum absolute atomic E-state index is 14.4. The van der Waals surface area contributed by atoms with Gasteiger partial charge in [0.15, 0.2) is 5.82 Å². The van der Waals surface area contributed by atoms with Gasteiger partial charge in [0.2, 0.25) is 0 Å². The highest BCUT2D eigenvalue weighted by Crippen LogP contribution is 2.36. The molecule has 0 unspecified atom stereocenters. The van der Waals surface area contributed by atoms with Crippen LogP contribution in [-0.4, -0.2) is 17.6 Å². The van der Waals surface area contributed by atoms with E-state index in [-0.39, 0.29) is 18.8 Å². The summed E-state index contributed by atoms with van der Waals surface area (Å²) in [4.78, 5) is 10.7. The second-order valence-corrected chi connectivity index (χ2v) is 7.09. The third kappa shape index (κ3) is 5.44. The van der Waals surface area contributed by atoms with Gasteiger partial charge in [-0.15, -0.1) is 0 Å². The third-order valence-corrected chi connectivity index (χ3v) is 4.68. The molecule has 0 spiro atoms. The van der Waals surface area contributed by atoms with E-state index >= 15 is 0 Å². The topological polar surface area (TPSA) is 58.6 Å². The average molecular weight is 475 g/mol. The molecule has 0 aliphatic carbocycles. The molecule has 0 aliphatic rings. The number of carboxylic acid groups (broad SMARTS) is 1. The Kier molecular flexibility index (Phi) is 7.25. The zero-order valence-electron chi connectivity index (χ0n) is 13.6. The average Bonchev–Trinajstić information content (AvgIpc) is 2.55. The molecule has 2 N–H and O–H groups in total. The van der Waals surface area contributed by atoms with Gasteiger partial charge in [0.1, 0.15) is 12.4 Å². The number of hydrogen-bond donors (Lipinski definition) is 2. The van der Waals surface area contributed by atoms with Gasteiger partial charge in [-0.2, -0.15) is 0 Å². The largest absolute Gasteiger partial charge is 0.486 e. The smallest absolute Gasteiger partial charge is 0.303 e. The summed E-state index contributed by atoms with van der Waals surface area (Å²) in [6, 6.07) is 8.77. The first-order chi connectivity index (χ1) is 11.9. The van der Waals surface area contributed by atoms with Gasteiger partial charge in [0.05, 0.1) is 14.6 Å². The predicted molar refractivity (Wildman–Crippen MR) is 103 cm³/mol. The van der Waals surface area contributed by atoms with Crippen molar-refractivity contribution >= 4 is 43.5 Å². The molecule has 0 saturated heterocycles. The van der Waals surface area contributed by atoms with Crippen molar-refractivity contribution in [2.75, 3.05) is 11.9 Å². The summed E-state index contributed by atoms with van der Waals surface area (Å²) in [5.41, 5.74) is 1.77. The summed E-state index contributed by atoms with van der Waals surface area (Å²) < 4.78 is 21.5. The van der Waals surface area contributed by atoms with Crippen molar-refractivity contribution in [3.63, 3.8) is 0 Å². The number of halogens is 3. The van der Waals surface area contributed by atoms with Crippen LogP contribution in [0.25, 0.3) is 0 Å². The zero-order valence-corrected chi connectivity index (χ0v) is 16.8. The van der Waals surface area contributed by atoms with E-state index in [0.717, 1.165) is 5.56 Å². The van der Waals surface area contributed by atoms with Gasteiger partial charge in [-0.1, -0.05) is 12.1 Å². The number of carbonyl (C=O) groups is 1. The Bertz CT molecular complexity index is 745. The molecular formula is C18H18Br2FNO3. The fourth-order valence-corrected chi connectivity index (χ4v) is 3.82. The quantitative estimate of drug-likeness (QED) is 0.539. The number of rotatable bonds is 8. The molecular weight excluding hydrogens is 457 g/mol. The van der Waals surface area contributed by atoms with E-state index in [1.807, 2.05) is 19.1 Å². The summed E-state index contributed by atoms with van der Waals surface area (Å²) in [5.74, 6) is -0.620. The van der Waals surface area contributed by atoms with Crippen LogP contribution in [0, 0.1) is 5.82 Å². The number of carboxylic acids is 1. The van der Waals surface area contributed by atoms with E-state index in [2.05, 4.69) is 37.2 Å². The van der Waals surface area contributed by atoms with Gasteiger partial charge in [-0.05, 0) is 69.0 Å². The first-order valence-electron chi connectivity index (χ1n) is 7.76. The molecule has 7 heteroatoms. The molecule has 0 aliphatic heterocycles. The molecule has 25 heavy (non-hydrogen) atoms. The molecule has 134 valence electrons. The predicted octanol–water partition coefficient (Wildman–Crippen LogP) is 5.38. The fourth-order valence-electron chi connectivity index (χ4n) is 2.31. The second-order valence-electron chi connectivity index (χ2n) is 5.38. The van der Waals surface area contributed by atoms with Crippen molar-refractivity contribution in [2.45, 2.75) is 26.4 Å². The minimum Gasteiger partial charge on any atom is -0.486 e. The molecule has 2 rings (SSSR count). The molecule has 0 fully saturated rings. The van der Waals surface area contributed by atoms with Crippen LogP contribution in [-0.2, 0) is 17.8 Å². The van der Waals surface area contributed by atoms with Crippen LogP contribution in [0.5, 0.6) is 5.75 Å². The van der Waals surface area contributed by atoms with Crippen LogP contribution < -0.4 is 10.1 Å². The molecule has 0 heterocycles. The van der Waals surface area contributed by atoms with Gasteiger partial charge in [0.25, 0.3) is 0 Å². The summed E-state index contributed by atoms with van der Waals surface area (Å²) in [6.07, 6.45) is 0.480. The Labute approximate surface area is 162 Å². The van der Waals surface area contributed by atoms with Crippen molar-refractivity contribution in [2.24, 2.45) is 0 Å². The van der Waals surface area contributed by atoms with Crippen LogP contribution in [0.15, 0.2) is 39.3 Å². The number of nitrogens with one attached hydrogen (secondary N) is 1. The highest BCUT2D eigenvalue weighted by molar-refractivity contribution is 9.11. The number of aryl methyl sites for hydroxylation is 1. The van der Waals surface area contributed by atoms with Crippen molar-refractivity contribution in [3.05, 3.63) is 56.2 Å². The van der Waals surface area contributed by atoms with Crippen molar-refractivity contribution in [3.8, 4) is 5.75 Å². The Hall–Kier alpha value is -1.60. The third-order valence-electron chi connectivity index (χ3n) is 3.50. The van der Waals surface area contributed by atoms with Crippen LogP contribution in [0.3, 0.4) is 0 Å². The lowest BCUT2D eigenvalue weighted by Gasteiger charge is -2.14. The minimum absolute atomic E-state index is 0.0571. The normalized spacial score (nSPS) is 10.6. The number of aliphatic carboxylic acids is 1. The molecule has 0 aromatic heterocycles. The van der Waals surface area contributed by atoms with Crippen LogP contribution in [0.4, 0.5) is 10.1 Å². The lowest BCUT2D eigenvalue weighted by Crippen LogP contribution is -2.05. The van der Waals surface area contributed by atoms with Crippen LogP contribution in [0.1, 0.15) is 24.5 Å². The summed E-state index contributed by atoms with van der Waals surface area (Å²) in [7, 11) is 0. The molecule has 0 radical (unpaired) electrons. The zero-order chi connectivity index (χ0) is 18.4. The van der Waals surface area contributed by atoms with Gasteiger partial charge in [0, 0.05) is 18.5 Å². The number of hydrogen-bond acceptors (Lipinski definition) is 3. The second kappa shape index (κ2) is 9.20. The number of ether oxygens (including phenoxy) is 1. The van der Waals surface area contributed by atoms with E-state index < -0.39 is 5.97 Å². The van der Waals surface area contributed by atoms with E-state index in [1.54, 1.807) is 18.2 Å². The molecule has 4 nitrogen and oxygen atoms in total. The lowest BCUT2D eigenvalue weighted by atomic mass is 10.1. The standard InChI is InChI=1S/C18H18Br2FNO3/c1-2-22-15-5-3-4-12(17(15)21)10-25-18-13(19)8-11(9-14(18)20)6-7-16(23)24/h3-5,8-9,22H,2,6-7,10H2,1H3,(H,23,24). The van der Waals surface area contributed by atoms with E-state index in [4.69, 9.17) is 9.84 Å². The first kappa shape index (κ1) is 19.7. The highest BCUT2D eigenvalue weighted by Gasteiger charge is 2.13. The van der Waals surface area contributed by atoms with E-state index in [9.17, 15) is 9.18 Å². The summed E-state index contributed by atoms with van der Waals surface area (Å²) >= 11 is 6.86. The SMILES string of the molecule is CCNc1cccc(COc2c(Br)cc(CCC(=O)O)cc2Br)c1F. The molecule has 0 saturated carbocycles. The van der Waals surface area contributed by atoms with Crippen LogP contribution >= 0.6 is 31.9 Å². The minimum atomic E-state index is -0.844. The highest BCUT2D eigenvalue weighted by atomic mass is 79.9. The summed E-state index contributed by atoms with van der Waals surface area (Å²) in [6.45, 7) is 2.62. The summed E-state index contributed by atoms with van der Waals surface area (Å²) in [5, 5.41) is 11.7. The van der Waals surface area contributed by atoms with Crippen molar-refractivity contribution < 1.29 is 19.0 Å². The fraction of sp³-hybridized carbons (Fsp3) is 0.278. The number of benzene rings is 2. The van der Waals surface area contributed by atoms with Gasteiger partial charge in [-0.3, -0.25) is 4.79 Å². The maximum atomic E-state index is 14.4. The lowest BCUT2D eigenvalue weighted by molar-refractivity contribution is -0.136. The maximum Gasteiger partial charge on any atom is 0.303 e. The Morgan fingerprint density at radius 3 is 2.56 bits per heavy atom. The van der Waals surface area contributed by atoms with E-state index in [1.165, 1.54) is 0 Å². The van der Waals surface area contributed by atoms with Crippen molar-refractivity contribution in [1.29, 1.82) is 0 Å². The molecule has 2 aromatic carbocycles. The molecule has 0 atom stereocenters. The van der Waals surface area contributed by atoms with Gasteiger partial charge >= 0.3 is 5.97 Å². The Balaban J connectivity index is 2.13. The first-order valence-corrected chi connectivity index (χ1v) is 9.34. The number of anilines is 1. The molecule has 0 bridgehead atoms. The Morgan fingerprint density at radius 1 is 1.28 bits per heavy atom. The van der Waals surface area contributed by atoms with E-state index in [0.29, 0.717) is 38.9 Å². The Morgan fingerprint density at radius 2 is 1.96 bits per heavy atom. The van der Waals surface area contributed by atoms with Crippen LogP contribution in [0.2, 0.25) is 0 Å². The van der Waals surface area contributed by atoms with Gasteiger partial charge < -0.3 is 15.2 Å². The monoisotopic (exact) mass is 473 g/mol.